The third-order valence-electron chi connectivity index (χ3n) is 6.77. The summed E-state index contributed by atoms with van der Waals surface area (Å²) in [6.07, 6.45) is 9.75. The predicted molar refractivity (Wildman–Crippen MR) is 134 cm³/mol. The minimum atomic E-state index is 0.0425. The molecule has 0 atom stereocenters. The van der Waals surface area contributed by atoms with Gasteiger partial charge in [-0.25, -0.2) is 9.50 Å². The zero-order chi connectivity index (χ0) is 23.5. The molecule has 1 aliphatic rings. The van der Waals surface area contributed by atoms with E-state index in [1.807, 2.05) is 29.0 Å². The quantitative estimate of drug-likeness (QED) is 0.477. The maximum atomic E-state index is 12.7. The Bertz CT molecular complexity index is 1290. The molecule has 1 aromatic carbocycles. The highest BCUT2D eigenvalue weighted by atomic mass is 16.1. The van der Waals surface area contributed by atoms with Gasteiger partial charge in [0.15, 0.2) is 5.82 Å². The Balaban J connectivity index is 1.23. The van der Waals surface area contributed by atoms with Gasteiger partial charge in [0, 0.05) is 55.9 Å². The van der Waals surface area contributed by atoms with Crippen molar-refractivity contribution in [1.82, 2.24) is 24.9 Å². The third kappa shape index (κ3) is 4.64. The van der Waals surface area contributed by atoms with Crippen LogP contribution in [0.15, 0.2) is 61.2 Å². The summed E-state index contributed by atoms with van der Waals surface area (Å²) >= 11 is 0. The standard InChI is InChI=1S/C27H30N6O/c1-19-5-6-23(16-20(19)2)24-17-25-26(29-12-15-33(25)31-24)32-13-8-22(9-14-32)27(34)30-11-7-21-4-3-10-28-18-21/h3-6,10,12,15-18,22H,7-9,11,13-14H2,1-2H3,(H,30,34). The van der Waals surface area contributed by atoms with E-state index in [0.29, 0.717) is 6.54 Å². The Kier molecular flexibility index (Phi) is 6.25. The molecule has 0 radical (unpaired) electrons. The number of rotatable bonds is 6. The van der Waals surface area contributed by atoms with Crippen LogP contribution in [0.25, 0.3) is 16.8 Å². The highest BCUT2D eigenvalue weighted by Crippen LogP contribution is 2.29. The van der Waals surface area contributed by atoms with Crippen molar-refractivity contribution in [3.05, 3.63) is 77.9 Å². The van der Waals surface area contributed by atoms with Gasteiger partial charge >= 0.3 is 0 Å². The van der Waals surface area contributed by atoms with Crippen LogP contribution in [-0.4, -0.2) is 45.1 Å². The van der Waals surface area contributed by atoms with Crippen molar-refractivity contribution in [2.24, 2.45) is 5.92 Å². The Morgan fingerprint density at radius 1 is 1.09 bits per heavy atom. The molecule has 174 valence electrons. The number of aromatic nitrogens is 4. The number of nitrogens with one attached hydrogen (secondary N) is 1. The van der Waals surface area contributed by atoms with Gasteiger partial charge < -0.3 is 10.2 Å². The summed E-state index contributed by atoms with van der Waals surface area (Å²) in [5.41, 5.74) is 6.72. The second-order valence-corrected chi connectivity index (χ2v) is 9.07. The van der Waals surface area contributed by atoms with Crippen LogP contribution < -0.4 is 10.2 Å². The molecule has 7 heteroatoms. The van der Waals surface area contributed by atoms with Crippen molar-refractivity contribution in [2.45, 2.75) is 33.1 Å². The lowest BCUT2D eigenvalue weighted by Crippen LogP contribution is -2.41. The molecule has 0 saturated carbocycles. The van der Waals surface area contributed by atoms with Crippen LogP contribution in [0.5, 0.6) is 0 Å². The van der Waals surface area contributed by atoms with Crippen LogP contribution in [-0.2, 0) is 11.2 Å². The van der Waals surface area contributed by atoms with Crippen molar-refractivity contribution in [3.63, 3.8) is 0 Å². The van der Waals surface area contributed by atoms with Gasteiger partial charge in [-0.15, -0.1) is 0 Å². The molecule has 5 rings (SSSR count). The van der Waals surface area contributed by atoms with E-state index in [0.717, 1.165) is 60.5 Å². The number of fused-ring (bicyclic) bond motifs is 1. The normalized spacial score (nSPS) is 14.5. The first-order valence-corrected chi connectivity index (χ1v) is 11.9. The van der Waals surface area contributed by atoms with Crippen LogP contribution in [0, 0.1) is 19.8 Å². The molecule has 1 fully saturated rings. The topological polar surface area (TPSA) is 75.4 Å². The van der Waals surface area contributed by atoms with Gasteiger partial charge in [-0.3, -0.25) is 9.78 Å². The fourth-order valence-corrected chi connectivity index (χ4v) is 4.57. The number of carbonyl (C=O) groups is 1. The molecule has 3 aromatic heterocycles. The molecule has 1 aliphatic heterocycles. The molecule has 4 aromatic rings. The van der Waals surface area contributed by atoms with Crippen LogP contribution in [0.3, 0.4) is 0 Å². The van der Waals surface area contributed by atoms with Crippen molar-refractivity contribution in [1.29, 1.82) is 0 Å². The molecule has 4 heterocycles. The van der Waals surface area contributed by atoms with Gasteiger partial charge in [0.1, 0.15) is 5.52 Å². The number of carbonyl (C=O) groups excluding carboxylic acids is 1. The summed E-state index contributed by atoms with van der Waals surface area (Å²) < 4.78 is 1.91. The fourth-order valence-electron chi connectivity index (χ4n) is 4.57. The van der Waals surface area contributed by atoms with Crippen molar-refractivity contribution < 1.29 is 4.79 Å². The number of anilines is 1. The maximum absolute atomic E-state index is 12.7. The largest absolute Gasteiger partial charge is 0.356 e. The van der Waals surface area contributed by atoms with Gasteiger partial charge in [0.2, 0.25) is 5.91 Å². The van der Waals surface area contributed by atoms with Crippen molar-refractivity contribution >= 4 is 17.2 Å². The molecule has 0 bridgehead atoms. The van der Waals surface area contributed by atoms with E-state index in [2.05, 4.69) is 58.3 Å². The fraction of sp³-hybridized carbons (Fsp3) is 0.333. The minimum Gasteiger partial charge on any atom is -0.356 e. The van der Waals surface area contributed by atoms with Crippen LogP contribution >= 0.6 is 0 Å². The maximum Gasteiger partial charge on any atom is 0.223 e. The lowest BCUT2D eigenvalue weighted by atomic mass is 9.95. The second kappa shape index (κ2) is 9.63. The number of hydrogen-bond acceptors (Lipinski definition) is 5. The van der Waals surface area contributed by atoms with E-state index in [-0.39, 0.29) is 11.8 Å². The minimum absolute atomic E-state index is 0.0425. The number of benzene rings is 1. The smallest absolute Gasteiger partial charge is 0.223 e. The summed E-state index contributed by atoms with van der Waals surface area (Å²) in [6.45, 7) is 6.49. The second-order valence-electron chi connectivity index (χ2n) is 9.07. The highest BCUT2D eigenvalue weighted by Gasteiger charge is 2.26. The van der Waals surface area contributed by atoms with Gasteiger partial charge in [-0.2, -0.15) is 5.10 Å². The number of piperidine rings is 1. The molecule has 1 saturated heterocycles. The first-order valence-electron chi connectivity index (χ1n) is 11.9. The van der Waals surface area contributed by atoms with Crippen LogP contribution in [0.4, 0.5) is 5.82 Å². The van der Waals surface area contributed by atoms with E-state index < -0.39 is 0 Å². The van der Waals surface area contributed by atoms with E-state index in [1.54, 1.807) is 12.4 Å². The Labute approximate surface area is 199 Å². The zero-order valence-electron chi connectivity index (χ0n) is 19.7. The number of hydrogen-bond donors (Lipinski definition) is 1. The molecule has 1 amide bonds. The van der Waals surface area contributed by atoms with Gasteiger partial charge in [-0.1, -0.05) is 18.2 Å². The number of pyridine rings is 1. The van der Waals surface area contributed by atoms with Crippen molar-refractivity contribution in [3.8, 4) is 11.3 Å². The van der Waals surface area contributed by atoms with E-state index in [9.17, 15) is 4.79 Å². The Morgan fingerprint density at radius 3 is 2.71 bits per heavy atom. The van der Waals surface area contributed by atoms with E-state index in [4.69, 9.17) is 5.10 Å². The van der Waals surface area contributed by atoms with Crippen LogP contribution in [0.1, 0.15) is 29.5 Å². The zero-order valence-corrected chi connectivity index (χ0v) is 19.7. The summed E-state index contributed by atoms with van der Waals surface area (Å²) in [4.78, 5) is 23.8. The molecule has 34 heavy (non-hydrogen) atoms. The Morgan fingerprint density at radius 2 is 1.94 bits per heavy atom. The lowest BCUT2D eigenvalue weighted by Gasteiger charge is -2.32. The summed E-state index contributed by atoms with van der Waals surface area (Å²) in [5.74, 6) is 1.12. The Hall–Kier alpha value is -3.74. The summed E-state index contributed by atoms with van der Waals surface area (Å²) in [5, 5.41) is 7.89. The molecule has 1 N–H and O–H groups in total. The average Bonchev–Trinajstić information content (AvgIpc) is 3.31. The number of amides is 1. The monoisotopic (exact) mass is 454 g/mol. The van der Waals surface area contributed by atoms with Crippen LogP contribution in [0.2, 0.25) is 0 Å². The van der Waals surface area contributed by atoms with E-state index >= 15 is 0 Å². The highest BCUT2D eigenvalue weighted by molar-refractivity contribution is 5.79. The van der Waals surface area contributed by atoms with Crippen molar-refractivity contribution in [2.75, 3.05) is 24.5 Å². The molecule has 7 nitrogen and oxygen atoms in total. The lowest BCUT2D eigenvalue weighted by molar-refractivity contribution is -0.125. The molecule has 0 aliphatic carbocycles. The first kappa shape index (κ1) is 22.1. The molecule has 0 spiro atoms. The summed E-state index contributed by atoms with van der Waals surface area (Å²) in [6, 6.07) is 12.5. The predicted octanol–water partition coefficient (Wildman–Crippen LogP) is 3.98. The number of aryl methyl sites for hydroxylation is 2. The molecular formula is C27H30N6O. The van der Waals surface area contributed by atoms with E-state index in [1.165, 1.54) is 11.1 Å². The first-order chi connectivity index (χ1) is 16.6. The molecule has 0 unspecified atom stereocenters. The molecular weight excluding hydrogens is 424 g/mol. The summed E-state index contributed by atoms with van der Waals surface area (Å²) in [7, 11) is 0. The van der Waals surface area contributed by atoms with Gasteiger partial charge in [0.05, 0.1) is 5.69 Å². The third-order valence-corrected chi connectivity index (χ3v) is 6.77. The number of nitrogens with zero attached hydrogens (tertiary/aromatic N) is 5. The average molecular weight is 455 g/mol. The van der Waals surface area contributed by atoms with Gasteiger partial charge in [-0.05, 0) is 68.0 Å². The SMILES string of the molecule is Cc1ccc(-c2cc3c(N4CCC(C(=O)NCCc5cccnc5)CC4)nccn3n2)cc1C. The van der Waals surface area contributed by atoms with Gasteiger partial charge in [0.25, 0.3) is 0 Å².